The Balaban J connectivity index is 1.58. The van der Waals surface area contributed by atoms with Gasteiger partial charge in [-0.1, -0.05) is 30.3 Å². The Bertz CT molecular complexity index is 885. The molecule has 1 heterocycles. The molecule has 0 aliphatic heterocycles. The van der Waals surface area contributed by atoms with Crippen molar-refractivity contribution in [2.45, 2.75) is 12.5 Å². The summed E-state index contributed by atoms with van der Waals surface area (Å²) in [5, 5.41) is 14.9. The molecule has 5 nitrogen and oxygen atoms in total. The smallest absolute Gasteiger partial charge is 0.319 e. The zero-order valence-corrected chi connectivity index (χ0v) is 14.6. The van der Waals surface area contributed by atoms with Crippen LogP contribution in [0.5, 0.6) is 0 Å². The van der Waals surface area contributed by atoms with Gasteiger partial charge in [0.25, 0.3) is 0 Å². The van der Waals surface area contributed by atoms with Gasteiger partial charge >= 0.3 is 6.03 Å². The highest BCUT2D eigenvalue weighted by Crippen LogP contribution is 2.20. The first-order chi connectivity index (χ1) is 13.2. The fourth-order valence-corrected chi connectivity index (χ4v) is 2.73. The van der Waals surface area contributed by atoms with E-state index in [9.17, 15) is 14.3 Å². The highest BCUT2D eigenvalue weighted by atomic mass is 19.1. The zero-order valence-electron chi connectivity index (χ0n) is 14.6. The number of carbonyl (C=O) groups is 1. The van der Waals surface area contributed by atoms with Crippen LogP contribution in [-0.4, -0.2) is 28.8 Å². The van der Waals surface area contributed by atoms with E-state index in [0.29, 0.717) is 11.3 Å². The van der Waals surface area contributed by atoms with Gasteiger partial charge in [0, 0.05) is 18.1 Å². The average molecular weight is 365 g/mol. The highest BCUT2D eigenvalue weighted by Gasteiger charge is 2.14. The molecule has 0 aliphatic carbocycles. The van der Waals surface area contributed by atoms with E-state index in [1.165, 1.54) is 6.07 Å². The molecule has 3 aromatic rings. The quantitative estimate of drug-likeness (QED) is 0.625. The van der Waals surface area contributed by atoms with E-state index < -0.39 is 12.1 Å². The second-order valence-corrected chi connectivity index (χ2v) is 6.09. The molecule has 0 radical (unpaired) electrons. The third kappa shape index (κ3) is 5.12. The van der Waals surface area contributed by atoms with E-state index in [2.05, 4.69) is 15.6 Å². The lowest BCUT2D eigenvalue weighted by Gasteiger charge is -2.17. The van der Waals surface area contributed by atoms with Crippen molar-refractivity contribution in [3.05, 3.63) is 84.4 Å². The number of hydrogen-bond acceptors (Lipinski definition) is 3. The van der Waals surface area contributed by atoms with Crippen LogP contribution in [0, 0.1) is 5.82 Å². The van der Waals surface area contributed by atoms with Crippen LogP contribution in [0.15, 0.2) is 73.1 Å². The Morgan fingerprint density at radius 2 is 1.67 bits per heavy atom. The molecule has 6 heteroatoms. The third-order valence-corrected chi connectivity index (χ3v) is 4.14. The van der Waals surface area contributed by atoms with E-state index >= 15 is 0 Å². The predicted octanol–water partition coefficient (Wildman–Crippen LogP) is 3.61. The molecule has 0 saturated carbocycles. The van der Waals surface area contributed by atoms with Gasteiger partial charge in [-0.05, 0) is 53.4 Å². The van der Waals surface area contributed by atoms with Crippen molar-refractivity contribution in [2.24, 2.45) is 0 Å². The van der Waals surface area contributed by atoms with Gasteiger partial charge in [-0.3, -0.25) is 4.98 Å². The Hall–Kier alpha value is -3.25. The van der Waals surface area contributed by atoms with Crippen LogP contribution in [0.3, 0.4) is 0 Å². The minimum absolute atomic E-state index is 0.206. The molecule has 2 amide bonds. The maximum atomic E-state index is 13.7. The number of aromatic nitrogens is 1. The van der Waals surface area contributed by atoms with E-state index in [4.69, 9.17) is 0 Å². The monoisotopic (exact) mass is 365 g/mol. The number of aliphatic hydroxyl groups excluding tert-OH is 1. The molecule has 27 heavy (non-hydrogen) atoms. The number of hydrogen-bond donors (Lipinski definition) is 3. The predicted molar refractivity (Wildman–Crippen MR) is 103 cm³/mol. The number of anilines is 1. The number of halogens is 1. The number of urea groups is 1. The third-order valence-electron chi connectivity index (χ3n) is 4.14. The number of rotatable bonds is 6. The molecule has 0 saturated heterocycles. The van der Waals surface area contributed by atoms with Gasteiger partial charge in [0.15, 0.2) is 0 Å². The molecule has 0 bridgehead atoms. The molecule has 0 aliphatic rings. The van der Waals surface area contributed by atoms with Crippen molar-refractivity contribution in [3.63, 3.8) is 0 Å². The molecular weight excluding hydrogens is 345 g/mol. The normalized spacial score (nSPS) is 11.6. The van der Waals surface area contributed by atoms with Crippen molar-refractivity contribution in [3.8, 4) is 11.1 Å². The van der Waals surface area contributed by atoms with Crippen LogP contribution in [-0.2, 0) is 6.42 Å². The summed E-state index contributed by atoms with van der Waals surface area (Å²) >= 11 is 0. The SMILES string of the molecule is O=C(Nc1ccc(-c2ccncc2)cc1)N[C@@H](CO)Cc1ccccc1F. The summed E-state index contributed by atoms with van der Waals surface area (Å²) in [6, 6.07) is 16.5. The van der Waals surface area contributed by atoms with Crippen molar-refractivity contribution < 1.29 is 14.3 Å². The van der Waals surface area contributed by atoms with E-state index in [1.54, 1.807) is 42.7 Å². The summed E-state index contributed by atoms with van der Waals surface area (Å²) in [4.78, 5) is 16.2. The Morgan fingerprint density at radius 1 is 1.00 bits per heavy atom. The lowest BCUT2D eigenvalue weighted by Crippen LogP contribution is -2.41. The summed E-state index contributed by atoms with van der Waals surface area (Å²) in [5.41, 5.74) is 3.11. The fraction of sp³-hybridized carbons (Fsp3) is 0.143. The first kappa shape index (κ1) is 18.5. The van der Waals surface area contributed by atoms with Gasteiger partial charge in [0.05, 0.1) is 12.6 Å². The molecule has 2 aromatic carbocycles. The maximum absolute atomic E-state index is 13.7. The van der Waals surface area contributed by atoms with Crippen LogP contribution in [0.2, 0.25) is 0 Å². The van der Waals surface area contributed by atoms with Crippen LogP contribution in [0.4, 0.5) is 14.9 Å². The minimum atomic E-state index is -0.585. The van der Waals surface area contributed by atoms with Crippen LogP contribution < -0.4 is 10.6 Å². The molecule has 138 valence electrons. The number of carbonyl (C=O) groups excluding carboxylic acids is 1. The van der Waals surface area contributed by atoms with Gasteiger partial charge in [-0.25, -0.2) is 9.18 Å². The summed E-state index contributed by atoms with van der Waals surface area (Å²) in [7, 11) is 0. The standard InChI is InChI=1S/C21H20FN3O2/c22-20-4-2-1-3-17(20)13-19(14-26)25-21(27)24-18-7-5-15(6-8-18)16-9-11-23-12-10-16/h1-12,19,26H,13-14H2,(H2,24,25,27)/t19-/m1/s1. The van der Waals surface area contributed by atoms with Crippen molar-refractivity contribution >= 4 is 11.7 Å². The molecule has 3 N–H and O–H groups in total. The van der Waals surface area contributed by atoms with Gasteiger partial charge in [-0.15, -0.1) is 0 Å². The Labute approximate surface area is 156 Å². The molecule has 0 unspecified atom stereocenters. The second kappa shape index (κ2) is 8.91. The Morgan fingerprint density at radius 3 is 2.33 bits per heavy atom. The molecule has 0 fully saturated rings. The molecule has 1 atom stereocenters. The Kier molecular flexibility index (Phi) is 6.12. The number of benzene rings is 2. The zero-order chi connectivity index (χ0) is 19.1. The van der Waals surface area contributed by atoms with Crippen LogP contribution >= 0.6 is 0 Å². The summed E-state index contributed by atoms with van der Waals surface area (Å²) < 4.78 is 13.7. The van der Waals surface area contributed by atoms with E-state index in [0.717, 1.165) is 11.1 Å². The van der Waals surface area contributed by atoms with Crippen LogP contribution in [0.25, 0.3) is 11.1 Å². The number of amides is 2. The summed E-state index contributed by atoms with van der Waals surface area (Å²) in [6.07, 6.45) is 3.65. The van der Waals surface area contributed by atoms with E-state index in [1.807, 2.05) is 24.3 Å². The summed E-state index contributed by atoms with van der Waals surface area (Å²) in [6.45, 7) is -0.289. The molecule has 1 aromatic heterocycles. The number of aliphatic hydroxyl groups is 1. The minimum Gasteiger partial charge on any atom is -0.394 e. The maximum Gasteiger partial charge on any atom is 0.319 e. The van der Waals surface area contributed by atoms with Crippen molar-refractivity contribution in [1.82, 2.24) is 10.3 Å². The largest absolute Gasteiger partial charge is 0.394 e. The number of pyridine rings is 1. The topological polar surface area (TPSA) is 74.2 Å². The second-order valence-electron chi connectivity index (χ2n) is 6.09. The van der Waals surface area contributed by atoms with Gasteiger partial charge < -0.3 is 15.7 Å². The van der Waals surface area contributed by atoms with Gasteiger partial charge in [0.2, 0.25) is 0 Å². The first-order valence-corrected chi connectivity index (χ1v) is 8.58. The fourth-order valence-electron chi connectivity index (χ4n) is 2.73. The van der Waals surface area contributed by atoms with Crippen molar-refractivity contribution in [2.75, 3.05) is 11.9 Å². The first-order valence-electron chi connectivity index (χ1n) is 8.58. The van der Waals surface area contributed by atoms with Crippen LogP contribution in [0.1, 0.15) is 5.56 Å². The molecule has 3 rings (SSSR count). The summed E-state index contributed by atoms with van der Waals surface area (Å²) in [5.74, 6) is -0.357. The average Bonchev–Trinajstić information content (AvgIpc) is 2.70. The number of nitrogens with zero attached hydrogens (tertiary/aromatic N) is 1. The molecular formula is C21H20FN3O2. The number of nitrogens with one attached hydrogen (secondary N) is 2. The van der Waals surface area contributed by atoms with Crippen molar-refractivity contribution in [1.29, 1.82) is 0 Å². The highest BCUT2D eigenvalue weighted by molar-refractivity contribution is 5.89. The van der Waals surface area contributed by atoms with Gasteiger partial charge in [0.1, 0.15) is 5.82 Å². The van der Waals surface area contributed by atoms with E-state index in [-0.39, 0.29) is 18.8 Å². The lowest BCUT2D eigenvalue weighted by atomic mass is 10.1. The lowest BCUT2D eigenvalue weighted by molar-refractivity contribution is 0.223. The molecule has 0 spiro atoms. The van der Waals surface area contributed by atoms with Gasteiger partial charge in [-0.2, -0.15) is 0 Å².